The first-order chi connectivity index (χ1) is 17.1. The molecule has 16 heteroatoms. The highest BCUT2D eigenvalue weighted by Gasteiger charge is 2.39. The molecule has 1 aliphatic rings. The molecule has 2 aromatic carbocycles. The van der Waals surface area contributed by atoms with Gasteiger partial charge >= 0.3 is 24.7 Å². The fourth-order valence-electron chi connectivity index (χ4n) is 2.91. The molecule has 0 fully saturated rings. The Morgan fingerprint density at radius 1 is 0.421 bits per heavy atom. The zero-order valence-electron chi connectivity index (χ0n) is 17.8. The van der Waals surface area contributed by atoms with Crippen molar-refractivity contribution in [2.24, 2.45) is 0 Å². The molecule has 3 rings (SSSR count). The average Bonchev–Trinajstić information content (AvgIpc) is 2.74. The highest BCUT2D eigenvalue weighted by molar-refractivity contribution is 6.18. The molecule has 0 atom stereocenters. The van der Waals surface area contributed by atoms with Crippen molar-refractivity contribution >= 4 is 11.6 Å². The van der Waals surface area contributed by atoms with E-state index in [1.165, 1.54) is 0 Å². The van der Waals surface area contributed by atoms with Crippen LogP contribution in [0.2, 0.25) is 0 Å². The Kier molecular flexibility index (Phi) is 7.07. The molecule has 1 aliphatic carbocycles. The van der Waals surface area contributed by atoms with Crippen molar-refractivity contribution in [3.63, 3.8) is 0 Å². The standard InChI is InChI=1S/C22H8F12O4/c23-19(24,25)9-1-10(20(26,27)28)4-13(3-9)37-17-7-16(36)18(8-15(17)35)38-14-5-11(21(29,30)31)2-12(6-14)22(32,33)34/h1-8H. The lowest BCUT2D eigenvalue weighted by Gasteiger charge is -2.18. The molecule has 0 N–H and O–H groups in total. The SMILES string of the molecule is O=C1C=C(Oc2cc(C(F)(F)F)cc(C(F)(F)F)c2)C(=O)C=C1Oc1cc(C(F)(F)F)cc(C(F)(F)F)c1. The Labute approximate surface area is 202 Å². The summed E-state index contributed by atoms with van der Waals surface area (Å²) in [4.78, 5) is 24.5. The Balaban J connectivity index is 1.92. The van der Waals surface area contributed by atoms with Gasteiger partial charge in [0.15, 0.2) is 11.5 Å². The number of alkyl halides is 12. The monoisotopic (exact) mass is 564 g/mol. The first-order valence-electron chi connectivity index (χ1n) is 9.61. The third kappa shape index (κ3) is 6.66. The van der Waals surface area contributed by atoms with Crippen LogP contribution in [0.3, 0.4) is 0 Å². The number of allylic oxidation sites excluding steroid dienone is 2. The van der Waals surface area contributed by atoms with Crippen molar-refractivity contribution in [2.75, 3.05) is 0 Å². The first-order valence-corrected chi connectivity index (χ1v) is 9.61. The van der Waals surface area contributed by atoms with Crippen LogP contribution in [0.4, 0.5) is 52.7 Å². The summed E-state index contributed by atoms with van der Waals surface area (Å²) in [5, 5.41) is 0. The summed E-state index contributed by atoms with van der Waals surface area (Å²) in [6.45, 7) is 0. The summed E-state index contributed by atoms with van der Waals surface area (Å²) in [6.07, 6.45) is -20.6. The summed E-state index contributed by atoms with van der Waals surface area (Å²) in [5.74, 6) is -7.32. The fraction of sp³-hybridized carbons (Fsp3) is 0.182. The van der Waals surface area contributed by atoms with E-state index in [0.717, 1.165) is 0 Å². The van der Waals surface area contributed by atoms with Crippen LogP contribution >= 0.6 is 0 Å². The molecule has 0 aliphatic heterocycles. The number of ether oxygens (including phenoxy) is 2. The van der Waals surface area contributed by atoms with Crippen LogP contribution < -0.4 is 9.47 Å². The number of ketones is 2. The molecule has 0 spiro atoms. The quantitative estimate of drug-likeness (QED) is 0.293. The second-order valence-electron chi connectivity index (χ2n) is 7.43. The van der Waals surface area contributed by atoms with Crippen LogP contribution in [0.25, 0.3) is 0 Å². The van der Waals surface area contributed by atoms with Gasteiger partial charge in [-0.2, -0.15) is 52.7 Å². The summed E-state index contributed by atoms with van der Waals surface area (Å²) in [5.41, 5.74) is -7.21. The highest BCUT2D eigenvalue weighted by Crippen LogP contribution is 2.40. The lowest BCUT2D eigenvalue weighted by Crippen LogP contribution is -2.20. The summed E-state index contributed by atoms with van der Waals surface area (Å²) in [6, 6.07) is -0.0537. The largest absolute Gasteiger partial charge is 0.453 e. The summed E-state index contributed by atoms with van der Waals surface area (Å²) >= 11 is 0. The smallest absolute Gasteiger partial charge is 0.416 e. The maximum Gasteiger partial charge on any atom is 0.416 e. The number of carbonyl (C=O) groups excluding carboxylic acids is 2. The van der Waals surface area contributed by atoms with Gasteiger partial charge in [-0.1, -0.05) is 0 Å². The molecular weight excluding hydrogens is 556 g/mol. The van der Waals surface area contributed by atoms with Gasteiger partial charge in [-0.3, -0.25) is 9.59 Å². The number of rotatable bonds is 4. The zero-order valence-corrected chi connectivity index (χ0v) is 17.8. The molecule has 0 saturated carbocycles. The van der Waals surface area contributed by atoms with Gasteiger partial charge in [0, 0.05) is 12.2 Å². The maximum absolute atomic E-state index is 13.0. The van der Waals surface area contributed by atoms with E-state index in [4.69, 9.17) is 9.47 Å². The third-order valence-corrected chi connectivity index (χ3v) is 4.59. The van der Waals surface area contributed by atoms with Gasteiger partial charge in [-0.15, -0.1) is 0 Å². The van der Waals surface area contributed by atoms with Gasteiger partial charge in [-0.25, -0.2) is 0 Å². The van der Waals surface area contributed by atoms with Crippen molar-refractivity contribution in [3.05, 3.63) is 82.3 Å². The Bertz CT molecular complexity index is 1170. The van der Waals surface area contributed by atoms with Crippen molar-refractivity contribution in [1.29, 1.82) is 0 Å². The molecule has 0 aromatic heterocycles. The molecule has 38 heavy (non-hydrogen) atoms. The van der Waals surface area contributed by atoms with E-state index < -0.39 is 81.5 Å². The molecule has 0 unspecified atom stereocenters. The molecule has 2 aromatic rings. The molecule has 4 nitrogen and oxygen atoms in total. The Morgan fingerprint density at radius 2 is 0.658 bits per heavy atom. The van der Waals surface area contributed by atoms with E-state index in [1.807, 2.05) is 0 Å². The number of hydrogen-bond acceptors (Lipinski definition) is 4. The molecule has 0 heterocycles. The van der Waals surface area contributed by atoms with E-state index in [2.05, 4.69) is 0 Å². The van der Waals surface area contributed by atoms with Crippen molar-refractivity contribution in [1.82, 2.24) is 0 Å². The van der Waals surface area contributed by atoms with Crippen LogP contribution in [0.1, 0.15) is 22.3 Å². The topological polar surface area (TPSA) is 52.6 Å². The van der Waals surface area contributed by atoms with Crippen LogP contribution in [0.15, 0.2) is 60.1 Å². The van der Waals surface area contributed by atoms with Gasteiger partial charge in [-0.05, 0) is 36.4 Å². The van der Waals surface area contributed by atoms with E-state index in [0.29, 0.717) is 0 Å². The third-order valence-electron chi connectivity index (χ3n) is 4.59. The molecular formula is C22H8F12O4. The number of benzene rings is 2. The predicted octanol–water partition coefficient (Wildman–Crippen LogP) is 7.14. The molecule has 0 radical (unpaired) electrons. The minimum atomic E-state index is -5.26. The summed E-state index contributed by atoms with van der Waals surface area (Å²) in [7, 11) is 0. The van der Waals surface area contributed by atoms with Crippen LogP contribution in [-0.4, -0.2) is 11.6 Å². The van der Waals surface area contributed by atoms with Crippen molar-refractivity contribution in [2.45, 2.75) is 24.7 Å². The second-order valence-corrected chi connectivity index (χ2v) is 7.43. The Hall–Kier alpha value is -3.98. The lowest BCUT2D eigenvalue weighted by molar-refractivity contribution is -0.144. The van der Waals surface area contributed by atoms with Gasteiger partial charge in [0.05, 0.1) is 22.3 Å². The first kappa shape index (κ1) is 28.6. The predicted molar refractivity (Wildman–Crippen MR) is 100 cm³/mol. The van der Waals surface area contributed by atoms with Gasteiger partial charge < -0.3 is 9.47 Å². The van der Waals surface area contributed by atoms with Crippen LogP contribution in [0.5, 0.6) is 11.5 Å². The van der Waals surface area contributed by atoms with Crippen LogP contribution in [-0.2, 0) is 34.3 Å². The fourth-order valence-corrected chi connectivity index (χ4v) is 2.91. The number of halogens is 12. The second kappa shape index (κ2) is 9.40. The number of carbonyl (C=O) groups is 2. The van der Waals surface area contributed by atoms with Gasteiger partial charge in [0.2, 0.25) is 11.6 Å². The molecule has 0 bridgehead atoms. The van der Waals surface area contributed by atoms with E-state index >= 15 is 0 Å². The normalized spacial score (nSPS) is 15.3. The van der Waals surface area contributed by atoms with E-state index in [9.17, 15) is 62.3 Å². The zero-order chi connectivity index (χ0) is 28.8. The van der Waals surface area contributed by atoms with Gasteiger partial charge in [0.1, 0.15) is 11.5 Å². The average molecular weight is 564 g/mol. The maximum atomic E-state index is 13.0. The van der Waals surface area contributed by atoms with E-state index in [-0.39, 0.29) is 48.6 Å². The van der Waals surface area contributed by atoms with Crippen molar-refractivity contribution < 1.29 is 71.7 Å². The number of hydrogen-bond donors (Lipinski definition) is 0. The molecule has 0 saturated heterocycles. The molecule has 0 amide bonds. The Morgan fingerprint density at radius 3 is 0.868 bits per heavy atom. The lowest BCUT2D eigenvalue weighted by atomic mass is 10.1. The van der Waals surface area contributed by atoms with Crippen molar-refractivity contribution in [3.8, 4) is 11.5 Å². The minimum Gasteiger partial charge on any atom is -0.453 e. The minimum absolute atomic E-state index is 0.102. The van der Waals surface area contributed by atoms with Gasteiger partial charge in [0.25, 0.3) is 0 Å². The van der Waals surface area contributed by atoms with Crippen LogP contribution in [0, 0.1) is 0 Å². The summed E-state index contributed by atoms with van der Waals surface area (Å²) < 4.78 is 165. The molecule has 204 valence electrons. The highest BCUT2D eigenvalue weighted by atomic mass is 19.4. The van der Waals surface area contributed by atoms with E-state index in [1.54, 1.807) is 0 Å².